The van der Waals surface area contributed by atoms with Crippen molar-refractivity contribution < 1.29 is 14.3 Å². The maximum absolute atomic E-state index is 11.8. The van der Waals surface area contributed by atoms with E-state index >= 15 is 0 Å². The molecule has 0 aliphatic carbocycles. The Balaban J connectivity index is 2.16. The summed E-state index contributed by atoms with van der Waals surface area (Å²) in [7, 11) is 1.62. The van der Waals surface area contributed by atoms with Gasteiger partial charge in [0.05, 0.1) is 13.7 Å². The first-order chi connectivity index (χ1) is 8.74. The van der Waals surface area contributed by atoms with Gasteiger partial charge in [-0.3, -0.25) is 0 Å². The monoisotopic (exact) mass is 247 g/mol. The second-order valence-corrected chi connectivity index (χ2v) is 4.13. The van der Waals surface area contributed by atoms with Gasteiger partial charge >= 0.3 is 5.97 Å². The van der Waals surface area contributed by atoms with E-state index in [1.165, 1.54) is 0 Å². The lowest BCUT2D eigenvalue weighted by Gasteiger charge is -2.00. The van der Waals surface area contributed by atoms with Gasteiger partial charge in [0.25, 0.3) is 0 Å². The van der Waals surface area contributed by atoms with E-state index in [1.807, 2.05) is 18.2 Å². The van der Waals surface area contributed by atoms with Gasteiger partial charge in [-0.05, 0) is 24.6 Å². The number of esters is 1. The number of carbonyl (C=O) groups excluding carboxylic acids is 1. The highest BCUT2D eigenvalue weighted by atomic mass is 16.5. The third-order valence-electron chi connectivity index (χ3n) is 2.78. The lowest BCUT2D eigenvalue weighted by molar-refractivity contribution is 0.0494. The molecule has 1 aromatic carbocycles. The minimum Gasteiger partial charge on any atom is -0.497 e. The largest absolute Gasteiger partial charge is 0.497 e. The first-order valence-corrected chi connectivity index (χ1v) is 6.08. The molecule has 0 bridgehead atoms. The first kappa shape index (κ1) is 12.5. The SMILES string of the molecule is CCCCOC(=O)c1cc2ccc(OC)cc2[nH]1. The Morgan fingerprint density at radius 3 is 2.89 bits per heavy atom. The number of H-pyrrole nitrogens is 1. The number of aromatic nitrogens is 1. The Morgan fingerprint density at radius 1 is 1.33 bits per heavy atom. The van der Waals surface area contributed by atoms with Crippen LogP contribution in [0.1, 0.15) is 30.3 Å². The Labute approximate surface area is 106 Å². The van der Waals surface area contributed by atoms with Crippen LogP contribution in [-0.4, -0.2) is 24.7 Å². The fourth-order valence-electron chi connectivity index (χ4n) is 1.73. The first-order valence-electron chi connectivity index (χ1n) is 6.08. The zero-order chi connectivity index (χ0) is 13.0. The predicted octanol–water partition coefficient (Wildman–Crippen LogP) is 3.13. The molecule has 1 aromatic heterocycles. The molecule has 0 aliphatic heterocycles. The van der Waals surface area contributed by atoms with E-state index in [-0.39, 0.29) is 5.97 Å². The van der Waals surface area contributed by atoms with Gasteiger partial charge < -0.3 is 14.5 Å². The molecule has 0 amide bonds. The molecule has 4 heteroatoms. The number of hydrogen-bond acceptors (Lipinski definition) is 3. The smallest absolute Gasteiger partial charge is 0.354 e. The van der Waals surface area contributed by atoms with E-state index in [9.17, 15) is 4.79 Å². The second kappa shape index (κ2) is 5.58. The van der Waals surface area contributed by atoms with Crippen LogP contribution in [0.25, 0.3) is 10.9 Å². The summed E-state index contributed by atoms with van der Waals surface area (Å²) in [4.78, 5) is 14.8. The maximum Gasteiger partial charge on any atom is 0.354 e. The molecule has 2 rings (SSSR count). The van der Waals surface area contributed by atoms with Crippen LogP contribution in [0.15, 0.2) is 24.3 Å². The number of carbonyl (C=O) groups is 1. The normalized spacial score (nSPS) is 10.6. The number of methoxy groups -OCH3 is 1. The summed E-state index contributed by atoms with van der Waals surface area (Å²) in [6.07, 6.45) is 1.90. The van der Waals surface area contributed by atoms with Gasteiger partial charge in [0.1, 0.15) is 11.4 Å². The quantitative estimate of drug-likeness (QED) is 0.652. The van der Waals surface area contributed by atoms with Crippen LogP contribution in [0.3, 0.4) is 0 Å². The zero-order valence-corrected chi connectivity index (χ0v) is 10.7. The summed E-state index contributed by atoms with van der Waals surface area (Å²) in [5, 5.41) is 0.971. The Bertz CT molecular complexity index is 545. The lowest BCUT2D eigenvalue weighted by Crippen LogP contribution is -2.06. The van der Waals surface area contributed by atoms with Gasteiger partial charge in [0, 0.05) is 17.0 Å². The highest BCUT2D eigenvalue weighted by Crippen LogP contribution is 2.21. The number of nitrogens with one attached hydrogen (secondary N) is 1. The van der Waals surface area contributed by atoms with E-state index < -0.39 is 0 Å². The van der Waals surface area contributed by atoms with E-state index in [4.69, 9.17) is 9.47 Å². The fraction of sp³-hybridized carbons (Fsp3) is 0.357. The van der Waals surface area contributed by atoms with E-state index in [0.717, 1.165) is 29.5 Å². The number of hydrogen-bond donors (Lipinski definition) is 1. The van der Waals surface area contributed by atoms with Crippen molar-refractivity contribution >= 4 is 16.9 Å². The van der Waals surface area contributed by atoms with E-state index in [2.05, 4.69) is 11.9 Å². The predicted molar refractivity (Wildman–Crippen MR) is 70.0 cm³/mol. The van der Waals surface area contributed by atoms with Crippen molar-refractivity contribution in [3.05, 3.63) is 30.0 Å². The average Bonchev–Trinajstić information content (AvgIpc) is 2.81. The van der Waals surface area contributed by atoms with Crippen LogP contribution >= 0.6 is 0 Å². The van der Waals surface area contributed by atoms with Crippen molar-refractivity contribution in [1.29, 1.82) is 0 Å². The molecule has 0 fully saturated rings. The molecule has 0 saturated heterocycles. The summed E-state index contributed by atoms with van der Waals surface area (Å²) in [6, 6.07) is 7.43. The number of unbranched alkanes of at least 4 members (excludes halogenated alkanes) is 1. The Kier molecular flexibility index (Phi) is 3.87. The van der Waals surface area contributed by atoms with Gasteiger partial charge in [-0.15, -0.1) is 0 Å². The number of rotatable bonds is 5. The molecular formula is C14H17NO3. The molecule has 1 heterocycles. The van der Waals surface area contributed by atoms with Gasteiger partial charge in [-0.1, -0.05) is 13.3 Å². The molecule has 0 atom stereocenters. The fourth-order valence-corrected chi connectivity index (χ4v) is 1.73. The summed E-state index contributed by atoms with van der Waals surface area (Å²) in [6.45, 7) is 2.52. The van der Waals surface area contributed by atoms with E-state index in [0.29, 0.717) is 12.3 Å². The topological polar surface area (TPSA) is 51.3 Å². The van der Waals surface area contributed by atoms with Gasteiger partial charge in [-0.2, -0.15) is 0 Å². The Hall–Kier alpha value is -1.97. The minimum absolute atomic E-state index is 0.307. The Morgan fingerprint density at radius 2 is 2.17 bits per heavy atom. The number of fused-ring (bicyclic) bond motifs is 1. The molecular weight excluding hydrogens is 230 g/mol. The van der Waals surface area contributed by atoms with Crippen LogP contribution in [0.5, 0.6) is 5.75 Å². The summed E-state index contributed by atoms with van der Waals surface area (Å²) in [5.41, 5.74) is 1.35. The standard InChI is InChI=1S/C14H17NO3/c1-3-4-7-18-14(16)13-8-10-5-6-11(17-2)9-12(10)15-13/h5-6,8-9,15H,3-4,7H2,1-2H3. The molecule has 0 unspecified atom stereocenters. The third-order valence-corrected chi connectivity index (χ3v) is 2.78. The minimum atomic E-state index is -0.307. The summed E-state index contributed by atoms with van der Waals surface area (Å²) >= 11 is 0. The van der Waals surface area contributed by atoms with Crippen LogP contribution in [0.4, 0.5) is 0 Å². The lowest BCUT2D eigenvalue weighted by atomic mass is 10.2. The molecule has 4 nitrogen and oxygen atoms in total. The summed E-state index contributed by atoms with van der Waals surface area (Å²) in [5.74, 6) is 0.453. The van der Waals surface area contributed by atoms with Gasteiger partial charge in [0.15, 0.2) is 0 Å². The molecule has 18 heavy (non-hydrogen) atoms. The van der Waals surface area contributed by atoms with Crippen molar-refractivity contribution in [1.82, 2.24) is 4.98 Å². The van der Waals surface area contributed by atoms with Crippen LogP contribution < -0.4 is 4.74 Å². The number of ether oxygens (including phenoxy) is 2. The van der Waals surface area contributed by atoms with Crippen LogP contribution in [-0.2, 0) is 4.74 Å². The molecule has 0 aliphatic rings. The van der Waals surface area contributed by atoms with Crippen molar-refractivity contribution in [2.24, 2.45) is 0 Å². The zero-order valence-electron chi connectivity index (χ0n) is 10.7. The van der Waals surface area contributed by atoms with Crippen molar-refractivity contribution in [3.63, 3.8) is 0 Å². The van der Waals surface area contributed by atoms with Crippen molar-refractivity contribution in [2.45, 2.75) is 19.8 Å². The highest BCUT2D eigenvalue weighted by Gasteiger charge is 2.10. The molecule has 0 saturated carbocycles. The van der Waals surface area contributed by atoms with Crippen molar-refractivity contribution in [3.8, 4) is 5.75 Å². The maximum atomic E-state index is 11.8. The molecule has 0 spiro atoms. The number of benzene rings is 1. The molecule has 0 radical (unpaired) electrons. The highest BCUT2D eigenvalue weighted by molar-refractivity contribution is 5.95. The average molecular weight is 247 g/mol. The molecule has 96 valence electrons. The second-order valence-electron chi connectivity index (χ2n) is 4.13. The van der Waals surface area contributed by atoms with Crippen LogP contribution in [0.2, 0.25) is 0 Å². The number of aromatic amines is 1. The van der Waals surface area contributed by atoms with Gasteiger partial charge in [-0.25, -0.2) is 4.79 Å². The summed E-state index contributed by atoms with van der Waals surface area (Å²) < 4.78 is 10.3. The van der Waals surface area contributed by atoms with E-state index in [1.54, 1.807) is 13.2 Å². The van der Waals surface area contributed by atoms with Crippen LogP contribution in [0, 0.1) is 0 Å². The molecule has 2 aromatic rings. The molecule has 1 N–H and O–H groups in total. The van der Waals surface area contributed by atoms with Gasteiger partial charge in [0.2, 0.25) is 0 Å². The third kappa shape index (κ3) is 2.64. The van der Waals surface area contributed by atoms with Crippen molar-refractivity contribution in [2.75, 3.05) is 13.7 Å².